The van der Waals surface area contributed by atoms with Gasteiger partial charge in [0.1, 0.15) is 5.75 Å². The molecule has 0 radical (unpaired) electrons. The van der Waals surface area contributed by atoms with E-state index in [4.69, 9.17) is 4.74 Å². The first-order valence-corrected chi connectivity index (χ1v) is 9.60. The van der Waals surface area contributed by atoms with E-state index in [1.54, 1.807) is 0 Å². The van der Waals surface area contributed by atoms with Crippen molar-refractivity contribution in [2.24, 2.45) is 0 Å². The Morgan fingerprint density at radius 1 is 1.33 bits per heavy atom. The smallest absolute Gasteiger partial charge is 0.233 e. The van der Waals surface area contributed by atoms with Gasteiger partial charge >= 0.3 is 0 Å². The Kier molecular flexibility index (Phi) is 7.33. The van der Waals surface area contributed by atoms with E-state index in [0.29, 0.717) is 18.3 Å². The minimum atomic E-state index is -0.201. The summed E-state index contributed by atoms with van der Waals surface area (Å²) in [6, 6.07) is 7.69. The Balaban J connectivity index is 1.97. The van der Waals surface area contributed by atoms with Crippen LogP contribution >= 0.6 is 23.1 Å². The standard InChI is InChI=1S/C16H22N4O2S2/c1-4-10-17-14(21)11(3)23-16-20-19-15(24-16)18-12-8-6-7-9-13(12)22-5-2/h6-9,11H,4-5,10H2,1-3H3,(H,17,21)(H,18,19). The Labute approximate surface area is 150 Å². The molecule has 2 aromatic rings. The zero-order valence-electron chi connectivity index (χ0n) is 14.0. The molecule has 0 saturated heterocycles. The van der Waals surface area contributed by atoms with Gasteiger partial charge in [0.25, 0.3) is 0 Å². The second kappa shape index (κ2) is 9.48. The fourth-order valence-electron chi connectivity index (χ4n) is 1.87. The van der Waals surface area contributed by atoms with E-state index >= 15 is 0 Å². The zero-order valence-corrected chi connectivity index (χ0v) is 15.7. The molecule has 0 aliphatic carbocycles. The second-order valence-corrected chi connectivity index (χ2v) is 7.54. The van der Waals surface area contributed by atoms with Crippen molar-refractivity contribution in [1.82, 2.24) is 15.5 Å². The van der Waals surface area contributed by atoms with Gasteiger partial charge in [-0.3, -0.25) is 4.79 Å². The number of para-hydroxylation sites is 2. The third-order valence-corrected chi connectivity index (χ3v) is 5.05. The maximum absolute atomic E-state index is 11.9. The van der Waals surface area contributed by atoms with Crippen molar-refractivity contribution >= 4 is 39.8 Å². The third-order valence-electron chi connectivity index (χ3n) is 3.03. The summed E-state index contributed by atoms with van der Waals surface area (Å²) in [5, 5.41) is 14.9. The number of rotatable bonds is 9. The lowest BCUT2D eigenvalue weighted by molar-refractivity contribution is -0.120. The highest BCUT2D eigenvalue weighted by Gasteiger charge is 2.17. The van der Waals surface area contributed by atoms with Crippen LogP contribution in [-0.2, 0) is 4.79 Å². The summed E-state index contributed by atoms with van der Waals surface area (Å²) in [7, 11) is 0. The molecule has 0 aliphatic rings. The monoisotopic (exact) mass is 366 g/mol. The first-order chi connectivity index (χ1) is 11.6. The van der Waals surface area contributed by atoms with Gasteiger partial charge in [0.2, 0.25) is 11.0 Å². The van der Waals surface area contributed by atoms with Crippen LogP contribution in [0.4, 0.5) is 10.8 Å². The number of anilines is 2. The van der Waals surface area contributed by atoms with Crippen molar-refractivity contribution in [3.8, 4) is 5.75 Å². The lowest BCUT2D eigenvalue weighted by atomic mass is 10.3. The maximum atomic E-state index is 11.9. The molecule has 1 unspecified atom stereocenters. The molecule has 0 bridgehead atoms. The number of thioether (sulfide) groups is 1. The number of nitrogens with one attached hydrogen (secondary N) is 2. The summed E-state index contributed by atoms with van der Waals surface area (Å²) in [5.74, 6) is 0.796. The molecule has 130 valence electrons. The first-order valence-electron chi connectivity index (χ1n) is 7.90. The largest absolute Gasteiger partial charge is 0.492 e. The average Bonchev–Trinajstić information content (AvgIpc) is 3.01. The van der Waals surface area contributed by atoms with Crippen LogP contribution in [0.2, 0.25) is 0 Å². The van der Waals surface area contributed by atoms with Crippen LogP contribution in [0.5, 0.6) is 5.75 Å². The number of carbonyl (C=O) groups is 1. The zero-order chi connectivity index (χ0) is 17.4. The fourth-order valence-corrected chi connectivity index (χ4v) is 3.80. The van der Waals surface area contributed by atoms with Crippen molar-refractivity contribution < 1.29 is 9.53 Å². The second-order valence-electron chi connectivity index (χ2n) is 4.98. The quantitative estimate of drug-likeness (QED) is 0.659. The van der Waals surface area contributed by atoms with Crippen molar-refractivity contribution in [3.05, 3.63) is 24.3 Å². The molecule has 2 N–H and O–H groups in total. The Hall–Kier alpha value is -1.80. The van der Waals surface area contributed by atoms with E-state index in [2.05, 4.69) is 20.8 Å². The summed E-state index contributed by atoms with van der Waals surface area (Å²) in [6.07, 6.45) is 0.926. The molecule has 8 heteroatoms. The van der Waals surface area contributed by atoms with Crippen LogP contribution in [0.3, 0.4) is 0 Å². The van der Waals surface area contributed by atoms with Crippen molar-refractivity contribution in [2.75, 3.05) is 18.5 Å². The van der Waals surface area contributed by atoms with E-state index in [-0.39, 0.29) is 11.2 Å². The van der Waals surface area contributed by atoms with Gasteiger partial charge in [-0.2, -0.15) is 0 Å². The predicted octanol–water partition coefficient (Wildman–Crippen LogP) is 3.69. The minimum Gasteiger partial charge on any atom is -0.492 e. The van der Waals surface area contributed by atoms with Crippen LogP contribution in [0.1, 0.15) is 27.2 Å². The van der Waals surface area contributed by atoms with E-state index < -0.39 is 0 Å². The van der Waals surface area contributed by atoms with Gasteiger partial charge in [-0.25, -0.2) is 0 Å². The topological polar surface area (TPSA) is 76.1 Å². The average molecular weight is 367 g/mol. The highest BCUT2D eigenvalue weighted by molar-refractivity contribution is 8.02. The number of ether oxygens (including phenoxy) is 1. The molecule has 2 rings (SSSR count). The Morgan fingerprint density at radius 2 is 2.12 bits per heavy atom. The van der Waals surface area contributed by atoms with Crippen molar-refractivity contribution in [1.29, 1.82) is 0 Å². The van der Waals surface area contributed by atoms with Gasteiger partial charge in [-0.05, 0) is 32.4 Å². The number of aromatic nitrogens is 2. The van der Waals surface area contributed by atoms with E-state index in [0.717, 1.165) is 22.2 Å². The van der Waals surface area contributed by atoms with Gasteiger partial charge in [-0.1, -0.05) is 42.2 Å². The highest BCUT2D eigenvalue weighted by atomic mass is 32.2. The molecule has 0 spiro atoms. The maximum Gasteiger partial charge on any atom is 0.233 e. The molecular formula is C16H22N4O2S2. The molecule has 0 aliphatic heterocycles. The third kappa shape index (κ3) is 5.38. The first kappa shape index (κ1) is 18.5. The van der Waals surface area contributed by atoms with Gasteiger partial charge < -0.3 is 15.4 Å². The molecule has 6 nitrogen and oxygen atoms in total. The summed E-state index contributed by atoms with van der Waals surface area (Å²) in [5.41, 5.74) is 0.848. The summed E-state index contributed by atoms with van der Waals surface area (Å²) in [6.45, 7) is 7.14. The van der Waals surface area contributed by atoms with Gasteiger partial charge in [0.15, 0.2) is 4.34 Å². The van der Waals surface area contributed by atoms with Gasteiger partial charge in [0, 0.05) is 6.54 Å². The molecule has 1 aromatic carbocycles. The number of carbonyl (C=O) groups excluding carboxylic acids is 1. The van der Waals surface area contributed by atoms with E-state index in [1.165, 1.54) is 23.1 Å². The lowest BCUT2D eigenvalue weighted by Gasteiger charge is -2.09. The number of benzene rings is 1. The molecule has 1 aromatic heterocycles. The van der Waals surface area contributed by atoms with Crippen LogP contribution in [0, 0.1) is 0 Å². The van der Waals surface area contributed by atoms with Crippen LogP contribution < -0.4 is 15.4 Å². The molecular weight excluding hydrogens is 344 g/mol. The summed E-state index contributed by atoms with van der Waals surface area (Å²) >= 11 is 2.83. The summed E-state index contributed by atoms with van der Waals surface area (Å²) < 4.78 is 6.34. The molecule has 24 heavy (non-hydrogen) atoms. The van der Waals surface area contributed by atoms with Gasteiger partial charge in [-0.15, -0.1) is 10.2 Å². The highest BCUT2D eigenvalue weighted by Crippen LogP contribution is 2.33. The van der Waals surface area contributed by atoms with Crippen LogP contribution in [-0.4, -0.2) is 34.5 Å². The summed E-state index contributed by atoms with van der Waals surface area (Å²) in [4.78, 5) is 11.9. The van der Waals surface area contributed by atoms with Gasteiger partial charge in [0.05, 0.1) is 17.5 Å². The normalized spacial score (nSPS) is 11.8. The number of hydrogen-bond acceptors (Lipinski definition) is 7. The molecule has 0 saturated carbocycles. The van der Waals surface area contributed by atoms with Crippen LogP contribution in [0.15, 0.2) is 28.6 Å². The van der Waals surface area contributed by atoms with Crippen molar-refractivity contribution in [3.63, 3.8) is 0 Å². The minimum absolute atomic E-state index is 0.0215. The molecule has 1 heterocycles. The number of hydrogen-bond donors (Lipinski definition) is 2. The Bertz CT molecular complexity index is 663. The lowest BCUT2D eigenvalue weighted by Crippen LogP contribution is -2.31. The Morgan fingerprint density at radius 3 is 2.88 bits per heavy atom. The van der Waals surface area contributed by atoms with Crippen molar-refractivity contribution in [2.45, 2.75) is 36.8 Å². The molecule has 0 fully saturated rings. The number of amides is 1. The molecule has 1 amide bonds. The molecule has 1 atom stereocenters. The van der Waals surface area contributed by atoms with Crippen LogP contribution in [0.25, 0.3) is 0 Å². The number of nitrogens with zero attached hydrogens (tertiary/aromatic N) is 2. The predicted molar refractivity (Wildman–Crippen MR) is 99.4 cm³/mol. The van der Waals surface area contributed by atoms with E-state index in [1.807, 2.05) is 45.0 Å². The van der Waals surface area contributed by atoms with E-state index in [9.17, 15) is 4.79 Å². The SMILES string of the molecule is CCCNC(=O)C(C)Sc1nnc(Nc2ccccc2OCC)s1. The fraction of sp³-hybridized carbons (Fsp3) is 0.438.